The molecular weight excluding hydrogens is 290 g/mol. The minimum absolute atomic E-state index is 0.119. The fraction of sp³-hybridized carbons (Fsp3) is 0.538. The molecule has 0 unspecified atom stereocenters. The van der Waals surface area contributed by atoms with E-state index in [1.807, 2.05) is 18.4 Å². The minimum atomic E-state index is -3.63. The van der Waals surface area contributed by atoms with E-state index in [1.165, 1.54) is 4.31 Å². The van der Waals surface area contributed by atoms with E-state index < -0.39 is 10.0 Å². The Hall–Kier alpha value is -1.83. The van der Waals surface area contributed by atoms with Crippen LogP contribution in [0.5, 0.6) is 0 Å². The van der Waals surface area contributed by atoms with Gasteiger partial charge in [0, 0.05) is 25.0 Å². The van der Waals surface area contributed by atoms with Crippen molar-refractivity contribution in [3.05, 3.63) is 23.8 Å². The number of anilines is 1. The highest BCUT2D eigenvalue weighted by molar-refractivity contribution is 7.93. The van der Waals surface area contributed by atoms with Crippen LogP contribution in [0.25, 0.3) is 0 Å². The van der Waals surface area contributed by atoms with Gasteiger partial charge in [0.25, 0.3) is 10.0 Å². The zero-order valence-corrected chi connectivity index (χ0v) is 13.4. The van der Waals surface area contributed by atoms with Gasteiger partial charge in [-0.15, -0.1) is 0 Å². The molecule has 0 radical (unpaired) electrons. The Morgan fingerprint density at radius 3 is 2.57 bits per heavy atom. The van der Waals surface area contributed by atoms with Crippen molar-refractivity contribution in [2.75, 3.05) is 10.8 Å². The number of sulfonamides is 1. The van der Waals surface area contributed by atoms with Crippen LogP contribution in [-0.2, 0) is 16.6 Å². The van der Waals surface area contributed by atoms with Crippen LogP contribution in [0.2, 0.25) is 0 Å². The van der Waals surface area contributed by atoms with E-state index >= 15 is 0 Å². The first kappa shape index (κ1) is 14.1. The van der Waals surface area contributed by atoms with Crippen LogP contribution in [0.3, 0.4) is 0 Å². The molecule has 0 fully saturated rings. The summed E-state index contributed by atoms with van der Waals surface area (Å²) in [7, 11) is -3.63. The van der Waals surface area contributed by atoms with Gasteiger partial charge >= 0.3 is 0 Å². The minimum Gasteiger partial charge on any atom is -0.315 e. The Labute approximate surface area is 124 Å². The lowest BCUT2D eigenvalue weighted by Gasteiger charge is -2.17. The smallest absolute Gasteiger partial charge is 0.270 e. The number of fused-ring (bicyclic) bond motifs is 1. The molecule has 114 valence electrons. The van der Waals surface area contributed by atoms with Crippen molar-refractivity contribution in [2.45, 2.75) is 45.2 Å². The highest BCUT2D eigenvalue weighted by Crippen LogP contribution is 2.30. The molecule has 2 aromatic heterocycles. The molecule has 0 N–H and O–H groups in total. The fourth-order valence-electron chi connectivity index (χ4n) is 2.86. The summed E-state index contributed by atoms with van der Waals surface area (Å²) in [5.41, 5.74) is 1.21. The van der Waals surface area contributed by atoms with E-state index in [9.17, 15) is 8.42 Å². The fourth-order valence-corrected chi connectivity index (χ4v) is 4.65. The van der Waals surface area contributed by atoms with E-state index in [1.54, 1.807) is 30.9 Å². The van der Waals surface area contributed by atoms with Gasteiger partial charge in [-0.25, -0.2) is 17.7 Å². The molecule has 0 amide bonds. The highest BCUT2D eigenvalue weighted by atomic mass is 32.2. The van der Waals surface area contributed by atoms with E-state index in [0.717, 1.165) is 0 Å². The number of nitrogens with zero attached hydrogens (tertiary/aromatic N) is 5. The van der Waals surface area contributed by atoms with Crippen molar-refractivity contribution in [1.29, 1.82) is 0 Å². The van der Waals surface area contributed by atoms with Gasteiger partial charge in [0.1, 0.15) is 4.90 Å². The molecule has 0 aliphatic carbocycles. The maximum Gasteiger partial charge on any atom is 0.270 e. The van der Waals surface area contributed by atoms with Crippen molar-refractivity contribution in [3.8, 4) is 0 Å². The number of imidazole rings is 1. The zero-order valence-electron chi connectivity index (χ0n) is 12.6. The van der Waals surface area contributed by atoms with Gasteiger partial charge in [-0.1, -0.05) is 0 Å². The van der Waals surface area contributed by atoms with Crippen LogP contribution in [0.4, 0.5) is 5.95 Å². The zero-order chi connectivity index (χ0) is 15.4. The molecule has 0 saturated carbocycles. The van der Waals surface area contributed by atoms with Crippen LogP contribution in [0, 0.1) is 13.8 Å². The molecule has 0 atom stereocenters. The monoisotopic (exact) mass is 309 g/mol. The van der Waals surface area contributed by atoms with Gasteiger partial charge in [0.2, 0.25) is 5.95 Å². The first-order valence-corrected chi connectivity index (χ1v) is 8.37. The van der Waals surface area contributed by atoms with Crippen molar-refractivity contribution < 1.29 is 8.42 Å². The Balaban J connectivity index is 2.13. The molecule has 1 aliphatic heterocycles. The predicted octanol–water partition coefficient (Wildman–Crippen LogP) is 1.49. The van der Waals surface area contributed by atoms with E-state index in [4.69, 9.17) is 0 Å². The van der Waals surface area contributed by atoms with Gasteiger partial charge in [0.05, 0.1) is 17.9 Å². The van der Waals surface area contributed by atoms with Gasteiger partial charge < -0.3 is 4.57 Å². The number of hydrogen-bond donors (Lipinski definition) is 0. The summed E-state index contributed by atoms with van der Waals surface area (Å²) in [4.78, 5) is 4.45. The second-order valence-corrected chi connectivity index (χ2v) is 7.34. The Morgan fingerprint density at radius 1 is 1.24 bits per heavy atom. The van der Waals surface area contributed by atoms with Crippen LogP contribution in [0.1, 0.15) is 31.3 Å². The van der Waals surface area contributed by atoms with Gasteiger partial charge in [0.15, 0.2) is 0 Å². The summed E-state index contributed by atoms with van der Waals surface area (Å²) >= 11 is 0. The molecular formula is C13H19N5O2S. The van der Waals surface area contributed by atoms with Gasteiger partial charge in [-0.05, 0) is 27.7 Å². The summed E-state index contributed by atoms with van der Waals surface area (Å²) in [5, 5.41) is 4.37. The van der Waals surface area contributed by atoms with Crippen LogP contribution in [-0.4, -0.2) is 34.3 Å². The molecule has 8 heteroatoms. The molecule has 3 heterocycles. The largest absolute Gasteiger partial charge is 0.315 e. The maximum absolute atomic E-state index is 13.0. The third-order valence-corrected chi connectivity index (χ3v) is 5.79. The lowest BCUT2D eigenvalue weighted by Crippen LogP contribution is -2.30. The van der Waals surface area contributed by atoms with Crippen LogP contribution < -0.4 is 4.31 Å². The average molecular weight is 309 g/mol. The van der Waals surface area contributed by atoms with Gasteiger partial charge in [-0.2, -0.15) is 5.10 Å². The number of rotatable bonds is 3. The lowest BCUT2D eigenvalue weighted by molar-refractivity contribution is 0.514. The summed E-state index contributed by atoms with van der Waals surface area (Å²) in [6.45, 7) is 8.55. The standard InChI is InChI=1S/C13H19N5O2S/c1-9(2)18-11(4)12(10(3)15-18)21(19,20)17-8-7-16-6-5-14-13(16)17/h5-6,9H,7-8H2,1-4H3. The Morgan fingerprint density at radius 2 is 1.95 bits per heavy atom. The van der Waals surface area contributed by atoms with E-state index in [0.29, 0.717) is 35.3 Å². The predicted molar refractivity (Wildman–Crippen MR) is 78.8 cm³/mol. The maximum atomic E-state index is 13.0. The van der Waals surface area contributed by atoms with Crippen molar-refractivity contribution in [1.82, 2.24) is 19.3 Å². The topological polar surface area (TPSA) is 73.0 Å². The summed E-state index contributed by atoms with van der Waals surface area (Å²) in [6, 6.07) is 0.119. The quantitative estimate of drug-likeness (QED) is 0.861. The number of aromatic nitrogens is 4. The molecule has 7 nitrogen and oxygen atoms in total. The molecule has 0 aromatic carbocycles. The molecule has 0 spiro atoms. The second-order valence-electron chi connectivity index (χ2n) is 5.54. The summed E-state index contributed by atoms with van der Waals surface area (Å²) in [5.74, 6) is 0.478. The van der Waals surface area contributed by atoms with E-state index in [2.05, 4.69) is 10.1 Å². The summed E-state index contributed by atoms with van der Waals surface area (Å²) in [6.07, 6.45) is 3.41. The average Bonchev–Trinajstić information content (AvgIpc) is 3.02. The highest BCUT2D eigenvalue weighted by Gasteiger charge is 2.36. The molecule has 3 rings (SSSR count). The molecule has 0 bridgehead atoms. The molecule has 1 aliphatic rings. The van der Waals surface area contributed by atoms with Gasteiger partial charge in [-0.3, -0.25) is 4.68 Å². The Kier molecular flexibility index (Phi) is 3.09. The SMILES string of the molecule is Cc1nn(C(C)C)c(C)c1S(=O)(=O)N1CCn2ccnc21. The van der Waals surface area contributed by atoms with Crippen LogP contribution >= 0.6 is 0 Å². The first-order chi connectivity index (χ1) is 9.84. The molecule has 2 aromatic rings. The molecule has 21 heavy (non-hydrogen) atoms. The Bertz CT molecular complexity index is 788. The van der Waals surface area contributed by atoms with Crippen molar-refractivity contribution in [2.24, 2.45) is 0 Å². The number of aryl methyl sites for hydroxylation is 1. The third-order valence-electron chi connectivity index (χ3n) is 3.76. The van der Waals surface area contributed by atoms with Crippen LogP contribution in [0.15, 0.2) is 17.3 Å². The van der Waals surface area contributed by atoms with Crippen molar-refractivity contribution in [3.63, 3.8) is 0 Å². The third kappa shape index (κ3) is 1.97. The normalized spacial score (nSPS) is 15.0. The first-order valence-electron chi connectivity index (χ1n) is 6.93. The van der Waals surface area contributed by atoms with Crippen molar-refractivity contribution >= 4 is 16.0 Å². The lowest BCUT2D eigenvalue weighted by atomic mass is 10.3. The van der Waals surface area contributed by atoms with E-state index in [-0.39, 0.29) is 6.04 Å². The summed E-state index contributed by atoms with van der Waals surface area (Å²) < 4.78 is 31.0. The molecule has 0 saturated heterocycles. The second kappa shape index (κ2) is 4.59. The number of hydrogen-bond acceptors (Lipinski definition) is 4.